The van der Waals surface area contributed by atoms with Gasteiger partial charge in [-0.05, 0) is 68.6 Å². The molecule has 1 fully saturated rings. The Morgan fingerprint density at radius 3 is 2.39 bits per heavy atom. The van der Waals surface area contributed by atoms with E-state index in [-0.39, 0.29) is 12.5 Å². The molecule has 4 rings (SSSR count). The first-order chi connectivity index (χ1) is 16.1. The smallest absolute Gasteiger partial charge is 0.259 e. The number of benzene rings is 3. The van der Waals surface area contributed by atoms with Crippen LogP contribution in [-0.4, -0.2) is 48.3 Å². The molecule has 1 atom stereocenters. The number of aliphatic hydroxyl groups is 1. The molecule has 3 aromatic carbocycles. The van der Waals surface area contributed by atoms with Crippen molar-refractivity contribution >= 4 is 11.6 Å². The van der Waals surface area contributed by atoms with Crippen molar-refractivity contribution in [2.45, 2.75) is 31.8 Å². The number of hydrogen-bond donors (Lipinski definition) is 2. The Balaban J connectivity index is 1.27. The number of β-amino-alcohol motifs (C(OH)–C–C–N with tert-alkyl or cyclic N) is 1. The van der Waals surface area contributed by atoms with Gasteiger partial charge in [-0.15, -0.1) is 0 Å². The number of aliphatic hydroxyl groups excluding tert-OH is 1. The topological polar surface area (TPSA) is 61.8 Å². The lowest BCUT2D eigenvalue weighted by Crippen LogP contribution is -2.40. The summed E-state index contributed by atoms with van der Waals surface area (Å²) in [5.41, 5.74) is 3.73. The van der Waals surface area contributed by atoms with E-state index in [4.69, 9.17) is 4.74 Å². The fourth-order valence-electron chi connectivity index (χ4n) is 4.33. The number of rotatable bonds is 8. The van der Waals surface area contributed by atoms with E-state index in [0.717, 1.165) is 37.2 Å². The maximum Gasteiger partial charge on any atom is 0.259 e. The van der Waals surface area contributed by atoms with Gasteiger partial charge in [-0.25, -0.2) is 0 Å². The number of nitrogens with one attached hydrogen (secondary N) is 1. The standard InChI is InChI=1S/C28H32N2O3/c1-21-11-13-24(14-12-21)29-28(32)26-9-5-6-10-27(26)33-20-25(31)19-30-17-15-23(16-18-30)22-7-3-2-4-8-22/h2-14,23,25,31H,15-20H2,1H3,(H,29,32). The number of ether oxygens (including phenoxy) is 1. The molecule has 1 amide bonds. The zero-order valence-corrected chi connectivity index (χ0v) is 19.1. The lowest BCUT2D eigenvalue weighted by Gasteiger charge is -2.33. The third-order valence-electron chi connectivity index (χ3n) is 6.20. The highest BCUT2D eigenvalue weighted by Gasteiger charge is 2.22. The van der Waals surface area contributed by atoms with E-state index >= 15 is 0 Å². The second-order valence-corrected chi connectivity index (χ2v) is 8.77. The second kappa shape index (κ2) is 11.1. The van der Waals surface area contributed by atoms with Gasteiger partial charge in [0.25, 0.3) is 5.91 Å². The fourth-order valence-corrected chi connectivity index (χ4v) is 4.33. The number of para-hydroxylation sites is 1. The summed E-state index contributed by atoms with van der Waals surface area (Å²) in [4.78, 5) is 15.1. The molecule has 1 unspecified atom stereocenters. The van der Waals surface area contributed by atoms with Gasteiger partial charge in [0.1, 0.15) is 18.5 Å². The summed E-state index contributed by atoms with van der Waals surface area (Å²) >= 11 is 0. The van der Waals surface area contributed by atoms with Crippen LogP contribution in [0.1, 0.15) is 40.2 Å². The van der Waals surface area contributed by atoms with Gasteiger partial charge in [-0.2, -0.15) is 0 Å². The minimum atomic E-state index is -0.619. The van der Waals surface area contributed by atoms with Gasteiger partial charge < -0.3 is 20.1 Å². The molecule has 0 saturated carbocycles. The molecule has 0 radical (unpaired) electrons. The van der Waals surface area contributed by atoms with Crippen molar-refractivity contribution in [3.05, 3.63) is 95.6 Å². The average molecular weight is 445 g/mol. The maximum atomic E-state index is 12.8. The molecule has 0 aliphatic carbocycles. The summed E-state index contributed by atoms with van der Waals surface area (Å²) in [5.74, 6) is 0.839. The van der Waals surface area contributed by atoms with Crippen molar-refractivity contribution in [1.82, 2.24) is 4.90 Å². The number of likely N-dealkylation sites (tertiary alicyclic amines) is 1. The summed E-state index contributed by atoms with van der Waals surface area (Å²) in [5, 5.41) is 13.5. The molecule has 0 spiro atoms. The van der Waals surface area contributed by atoms with E-state index in [1.54, 1.807) is 12.1 Å². The van der Waals surface area contributed by atoms with Crippen molar-refractivity contribution in [1.29, 1.82) is 0 Å². The molecule has 3 aromatic rings. The predicted octanol–water partition coefficient (Wildman–Crippen LogP) is 4.87. The van der Waals surface area contributed by atoms with Crippen LogP contribution in [0.25, 0.3) is 0 Å². The first-order valence-electron chi connectivity index (χ1n) is 11.6. The van der Waals surface area contributed by atoms with Crippen molar-refractivity contribution in [3.63, 3.8) is 0 Å². The summed E-state index contributed by atoms with van der Waals surface area (Å²) in [6.07, 6.45) is 1.57. The highest BCUT2D eigenvalue weighted by Crippen LogP contribution is 2.28. The van der Waals surface area contributed by atoms with Gasteiger partial charge in [0.05, 0.1) is 5.56 Å². The van der Waals surface area contributed by atoms with E-state index in [1.165, 1.54) is 5.56 Å². The van der Waals surface area contributed by atoms with Crippen LogP contribution in [-0.2, 0) is 0 Å². The Labute approximate surface area is 196 Å². The van der Waals surface area contributed by atoms with E-state index < -0.39 is 6.10 Å². The summed E-state index contributed by atoms with van der Waals surface area (Å²) in [6, 6.07) is 25.5. The molecule has 2 N–H and O–H groups in total. The molecule has 5 heteroatoms. The Kier molecular flexibility index (Phi) is 7.76. The van der Waals surface area contributed by atoms with E-state index in [1.807, 2.05) is 43.3 Å². The van der Waals surface area contributed by atoms with Crippen LogP contribution in [0.2, 0.25) is 0 Å². The van der Waals surface area contributed by atoms with Gasteiger partial charge in [-0.3, -0.25) is 4.79 Å². The molecule has 0 bridgehead atoms. The Hall–Kier alpha value is -3.15. The van der Waals surface area contributed by atoms with E-state index in [9.17, 15) is 9.90 Å². The van der Waals surface area contributed by atoms with Gasteiger partial charge in [0, 0.05) is 12.2 Å². The number of carbonyl (C=O) groups is 1. The van der Waals surface area contributed by atoms with Gasteiger partial charge in [0.2, 0.25) is 0 Å². The van der Waals surface area contributed by atoms with Gasteiger partial charge in [-0.1, -0.05) is 60.2 Å². The van der Waals surface area contributed by atoms with E-state index in [0.29, 0.717) is 23.8 Å². The van der Waals surface area contributed by atoms with Gasteiger partial charge in [0.15, 0.2) is 0 Å². The van der Waals surface area contributed by atoms with Crippen LogP contribution < -0.4 is 10.1 Å². The fraction of sp³-hybridized carbons (Fsp3) is 0.321. The first kappa shape index (κ1) is 23.0. The summed E-state index contributed by atoms with van der Waals surface area (Å²) in [6.45, 7) is 4.65. The highest BCUT2D eigenvalue weighted by atomic mass is 16.5. The largest absolute Gasteiger partial charge is 0.490 e. The van der Waals surface area contributed by atoms with Gasteiger partial charge >= 0.3 is 0 Å². The van der Waals surface area contributed by atoms with Crippen molar-refractivity contribution in [2.24, 2.45) is 0 Å². The first-order valence-corrected chi connectivity index (χ1v) is 11.6. The van der Waals surface area contributed by atoms with Crippen LogP contribution in [0.3, 0.4) is 0 Å². The van der Waals surface area contributed by atoms with Crippen molar-refractivity contribution in [3.8, 4) is 5.75 Å². The van der Waals surface area contributed by atoms with Crippen LogP contribution in [0.15, 0.2) is 78.9 Å². The van der Waals surface area contributed by atoms with E-state index in [2.05, 4.69) is 40.5 Å². The second-order valence-electron chi connectivity index (χ2n) is 8.77. The summed E-state index contributed by atoms with van der Waals surface area (Å²) < 4.78 is 5.87. The molecular formula is C28H32N2O3. The average Bonchev–Trinajstić information content (AvgIpc) is 2.85. The summed E-state index contributed by atoms with van der Waals surface area (Å²) in [7, 11) is 0. The monoisotopic (exact) mass is 444 g/mol. The molecule has 0 aromatic heterocycles. The number of anilines is 1. The Morgan fingerprint density at radius 2 is 1.67 bits per heavy atom. The van der Waals surface area contributed by atoms with Crippen LogP contribution in [0.5, 0.6) is 5.75 Å². The minimum absolute atomic E-state index is 0.146. The molecule has 1 heterocycles. The van der Waals surface area contributed by atoms with Crippen molar-refractivity contribution in [2.75, 3.05) is 31.6 Å². The number of carbonyl (C=O) groups excluding carboxylic acids is 1. The third kappa shape index (κ3) is 6.44. The quantitative estimate of drug-likeness (QED) is 0.521. The third-order valence-corrected chi connectivity index (χ3v) is 6.20. The normalized spacial score (nSPS) is 15.7. The number of amides is 1. The molecule has 33 heavy (non-hydrogen) atoms. The number of piperidine rings is 1. The van der Waals surface area contributed by atoms with Crippen LogP contribution in [0, 0.1) is 6.92 Å². The SMILES string of the molecule is Cc1ccc(NC(=O)c2ccccc2OCC(O)CN2CCC(c3ccccc3)CC2)cc1. The number of hydrogen-bond acceptors (Lipinski definition) is 4. The Bertz CT molecular complexity index is 1030. The van der Waals surface area contributed by atoms with Crippen molar-refractivity contribution < 1.29 is 14.6 Å². The lowest BCUT2D eigenvalue weighted by atomic mass is 9.89. The zero-order valence-electron chi connectivity index (χ0n) is 19.1. The van der Waals surface area contributed by atoms with Crippen LogP contribution >= 0.6 is 0 Å². The molecular weight excluding hydrogens is 412 g/mol. The lowest BCUT2D eigenvalue weighted by molar-refractivity contribution is 0.0589. The molecule has 1 saturated heterocycles. The molecule has 5 nitrogen and oxygen atoms in total. The number of aryl methyl sites for hydroxylation is 1. The predicted molar refractivity (Wildman–Crippen MR) is 132 cm³/mol. The maximum absolute atomic E-state index is 12.8. The molecule has 1 aliphatic heterocycles. The Morgan fingerprint density at radius 1 is 1.00 bits per heavy atom. The van der Waals surface area contributed by atoms with Crippen LogP contribution in [0.4, 0.5) is 5.69 Å². The molecule has 172 valence electrons. The molecule has 1 aliphatic rings. The minimum Gasteiger partial charge on any atom is -0.490 e. The number of nitrogens with zero attached hydrogens (tertiary/aromatic N) is 1. The highest BCUT2D eigenvalue weighted by molar-refractivity contribution is 6.06. The zero-order chi connectivity index (χ0) is 23.0.